The van der Waals surface area contributed by atoms with Gasteiger partial charge in [-0.05, 0) is 19.4 Å². The number of hydrogen-bond donors (Lipinski definition) is 1. The van der Waals surface area contributed by atoms with Crippen LogP contribution in [-0.2, 0) is 6.54 Å². The average Bonchev–Trinajstić information content (AvgIpc) is 3.31. The molecule has 3 aromatic heterocycles. The molecule has 0 saturated carbocycles. The zero-order valence-corrected chi connectivity index (χ0v) is 13.2. The van der Waals surface area contributed by atoms with Gasteiger partial charge in [0.05, 0.1) is 12.2 Å². The van der Waals surface area contributed by atoms with E-state index in [1.54, 1.807) is 32.6 Å². The van der Waals surface area contributed by atoms with Crippen LogP contribution in [0.15, 0.2) is 29.6 Å². The minimum atomic E-state index is -0.222. The second kappa shape index (κ2) is 5.59. The van der Waals surface area contributed by atoms with Crippen molar-refractivity contribution < 1.29 is 4.79 Å². The topological polar surface area (TPSA) is 102 Å². The number of aromatic nitrogens is 6. The fourth-order valence-corrected chi connectivity index (χ4v) is 3.16. The summed E-state index contributed by atoms with van der Waals surface area (Å²) in [6.07, 6.45) is 5.50. The third-order valence-electron chi connectivity index (χ3n) is 4.38. The van der Waals surface area contributed by atoms with E-state index in [-0.39, 0.29) is 17.6 Å². The van der Waals surface area contributed by atoms with Crippen LogP contribution in [0, 0.1) is 0 Å². The summed E-state index contributed by atoms with van der Waals surface area (Å²) in [5, 5.41) is 4.26. The Kier molecular flexibility index (Phi) is 3.40. The maximum atomic E-state index is 12.6. The van der Waals surface area contributed by atoms with Crippen molar-refractivity contribution in [3.63, 3.8) is 0 Å². The monoisotopic (exact) mass is 327 g/mol. The number of aryl methyl sites for hydroxylation is 1. The first kappa shape index (κ1) is 14.6. The number of aromatic amines is 1. The highest BCUT2D eigenvalue weighted by atomic mass is 16.2. The van der Waals surface area contributed by atoms with E-state index in [1.165, 1.54) is 6.33 Å². The molecule has 1 saturated heterocycles. The number of amides is 1. The molecule has 0 aliphatic carbocycles. The van der Waals surface area contributed by atoms with Gasteiger partial charge in [-0.1, -0.05) is 0 Å². The Morgan fingerprint density at radius 1 is 1.46 bits per heavy atom. The van der Waals surface area contributed by atoms with E-state index in [2.05, 4.69) is 20.1 Å². The lowest BCUT2D eigenvalue weighted by molar-refractivity contribution is 0.0781. The van der Waals surface area contributed by atoms with E-state index in [0.29, 0.717) is 36.4 Å². The maximum Gasteiger partial charge on any atom is 0.328 e. The predicted molar refractivity (Wildman–Crippen MR) is 85.6 cm³/mol. The van der Waals surface area contributed by atoms with E-state index in [1.807, 2.05) is 6.92 Å². The first-order chi connectivity index (χ1) is 11.7. The normalized spacial score (nSPS) is 17.7. The third-order valence-corrected chi connectivity index (χ3v) is 4.38. The van der Waals surface area contributed by atoms with Crippen molar-refractivity contribution in [2.45, 2.75) is 25.9 Å². The average molecular weight is 327 g/mol. The highest BCUT2D eigenvalue weighted by Gasteiger charge is 2.31. The number of carbonyl (C=O) groups is 1. The van der Waals surface area contributed by atoms with Gasteiger partial charge >= 0.3 is 5.69 Å². The van der Waals surface area contributed by atoms with Crippen molar-refractivity contribution in [1.29, 1.82) is 0 Å². The zero-order valence-electron chi connectivity index (χ0n) is 13.2. The summed E-state index contributed by atoms with van der Waals surface area (Å²) in [4.78, 5) is 37.4. The van der Waals surface area contributed by atoms with Crippen molar-refractivity contribution in [3.05, 3.63) is 41.0 Å². The Balaban J connectivity index is 1.59. The molecule has 9 heteroatoms. The molecular weight excluding hydrogens is 310 g/mol. The fraction of sp³-hybridized carbons (Fsp3) is 0.400. The third kappa shape index (κ3) is 2.29. The Labute approximate surface area is 136 Å². The summed E-state index contributed by atoms with van der Waals surface area (Å²) in [5.41, 5.74) is 1.39. The molecule has 1 N–H and O–H groups in total. The number of nitrogens with one attached hydrogen (secondary N) is 1. The van der Waals surface area contributed by atoms with Gasteiger partial charge in [-0.2, -0.15) is 5.10 Å². The minimum Gasteiger partial charge on any atom is -0.335 e. The number of fused-ring (bicyclic) bond motifs is 1. The van der Waals surface area contributed by atoms with Crippen LogP contribution in [0.5, 0.6) is 0 Å². The van der Waals surface area contributed by atoms with Crippen LogP contribution in [0.1, 0.15) is 29.9 Å². The number of hydrogen-bond acceptors (Lipinski definition) is 5. The highest BCUT2D eigenvalue weighted by molar-refractivity contribution is 5.92. The number of imidazole rings is 1. The second-order valence-electron chi connectivity index (χ2n) is 5.81. The molecule has 4 heterocycles. The Hall–Kier alpha value is -2.97. The van der Waals surface area contributed by atoms with Gasteiger partial charge in [0, 0.05) is 25.8 Å². The molecule has 1 fully saturated rings. The fourth-order valence-electron chi connectivity index (χ4n) is 3.16. The quantitative estimate of drug-likeness (QED) is 0.751. The summed E-state index contributed by atoms with van der Waals surface area (Å²) in [5.74, 6) is -0.104. The van der Waals surface area contributed by atoms with Crippen molar-refractivity contribution in [2.24, 2.45) is 0 Å². The lowest BCUT2D eigenvalue weighted by atomic mass is 10.2. The second-order valence-corrected chi connectivity index (χ2v) is 5.81. The summed E-state index contributed by atoms with van der Waals surface area (Å²) in [7, 11) is 0. The molecular formula is C15H17N7O2. The van der Waals surface area contributed by atoms with Crippen LogP contribution in [0.3, 0.4) is 0 Å². The van der Waals surface area contributed by atoms with Crippen LogP contribution in [-0.4, -0.2) is 53.2 Å². The van der Waals surface area contributed by atoms with Gasteiger partial charge in [0.15, 0.2) is 5.65 Å². The highest BCUT2D eigenvalue weighted by Crippen LogP contribution is 2.24. The summed E-state index contributed by atoms with van der Waals surface area (Å²) >= 11 is 0. The van der Waals surface area contributed by atoms with Gasteiger partial charge in [-0.3, -0.25) is 14.0 Å². The number of carbonyl (C=O) groups excluding carboxylic acids is 1. The molecule has 24 heavy (non-hydrogen) atoms. The van der Waals surface area contributed by atoms with Crippen molar-refractivity contribution in [3.8, 4) is 0 Å². The molecule has 0 unspecified atom stereocenters. The van der Waals surface area contributed by atoms with Crippen molar-refractivity contribution in [2.75, 3.05) is 13.1 Å². The molecule has 0 bridgehead atoms. The molecule has 4 rings (SSSR count). The first-order valence-electron chi connectivity index (χ1n) is 7.90. The lowest BCUT2D eigenvalue weighted by Gasteiger charge is -2.15. The molecule has 1 atom stereocenters. The SMILES string of the molecule is CCn1ccc(C(=O)N2CC[C@@H](n3c(=O)[nH]c4cncnc43)C2)n1. The van der Waals surface area contributed by atoms with Gasteiger partial charge in [0.1, 0.15) is 17.5 Å². The van der Waals surface area contributed by atoms with Crippen LogP contribution < -0.4 is 5.69 Å². The van der Waals surface area contributed by atoms with E-state index in [4.69, 9.17) is 0 Å². The minimum absolute atomic E-state index is 0.0987. The summed E-state index contributed by atoms with van der Waals surface area (Å²) < 4.78 is 3.34. The van der Waals surface area contributed by atoms with Crippen LogP contribution >= 0.6 is 0 Å². The molecule has 0 radical (unpaired) electrons. The molecule has 9 nitrogen and oxygen atoms in total. The van der Waals surface area contributed by atoms with Gasteiger partial charge in [0.2, 0.25) is 0 Å². The van der Waals surface area contributed by atoms with Crippen LogP contribution in [0.4, 0.5) is 0 Å². The smallest absolute Gasteiger partial charge is 0.328 e. The first-order valence-corrected chi connectivity index (χ1v) is 7.90. The standard InChI is InChI=1S/C15H17N7O2/c1-2-21-6-4-11(19-21)14(23)20-5-3-10(8-20)22-13-12(18-15(22)24)7-16-9-17-13/h4,6-7,9-10H,2-3,5,8H2,1H3,(H,18,24)/t10-/m1/s1. The Morgan fingerprint density at radius 3 is 3.12 bits per heavy atom. The van der Waals surface area contributed by atoms with Gasteiger partial charge in [-0.25, -0.2) is 14.8 Å². The molecule has 0 aromatic carbocycles. The van der Waals surface area contributed by atoms with E-state index in [0.717, 1.165) is 6.54 Å². The van der Waals surface area contributed by atoms with E-state index in [9.17, 15) is 9.59 Å². The molecule has 124 valence electrons. The summed E-state index contributed by atoms with van der Waals surface area (Å²) in [6, 6.07) is 1.63. The largest absolute Gasteiger partial charge is 0.335 e. The van der Waals surface area contributed by atoms with Gasteiger partial charge < -0.3 is 9.88 Å². The van der Waals surface area contributed by atoms with Gasteiger partial charge in [0.25, 0.3) is 5.91 Å². The number of rotatable bonds is 3. The molecule has 1 aliphatic heterocycles. The summed E-state index contributed by atoms with van der Waals surface area (Å²) in [6.45, 7) is 3.75. The van der Waals surface area contributed by atoms with Gasteiger partial charge in [-0.15, -0.1) is 0 Å². The van der Waals surface area contributed by atoms with Crippen LogP contribution in [0.2, 0.25) is 0 Å². The maximum absolute atomic E-state index is 12.6. The molecule has 1 amide bonds. The van der Waals surface area contributed by atoms with Crippen LogP contribution in [0.25, 0.3) is 11.2 Å². The van der Waals surface area contributed by atoms with E-state index >= 15 is 0 Å². The Bertz CT molecular complexity index is 954. The number of H-pyrrole nitrogens is 1. The zero-order chi connectivity index (χ0) is 16.7. The number of nitrogens with zero attached hydrogens (tertiary/aromatic N) is 6. The molecule has 0 spiro atoms. The molecule has 1 aliphatic rings. The predicted octanol–water partition coefficient (Wildman–Crippen LogP) is 0.423. The van der Waals surface area contributed by atoms with Crippen molar-refractivity contribution in [1.82, 2.24) is 34.2 Å². The Morgan fingerprint density at radius 2 is 2.33 bits per heavy atom. The molecule has 3 aromatic rings. The van der Waals surface area contributed by atoms with E-state index < -0.39 is 0 Å². The number of likely N-dealkylation sites (tertiary alicyclic amines) is 1. The lowest BCUT2D eigenvalue weighted by Crippen LogP contribution is -2.31. The van der Waals surface area contributed by atoms with Crippen molar-refractivity contribution >= 4 is 17.1 Å².